The van der Waals surface area contributed by atoms with Crippen LogP contribution < -0.4 is 5.32 Å². The molecule has 36 heavy (non-hydrogen) atoms. The molecule has 2 aromatic heterocycles. The van der Waals surface area contributed by atoms with E-state index in [0.717, 1.165) is 43.4 Å². The van der Waals surface area contributed by atoms with Gasteiger partial charge in [-0.1, -0.05) is 55.8 Å². The van der Waals surface area contributed by atoms with Gasteiger partial charge in [0.25, 0.3) is 0 Å². The van der Waals surface area contributed by atoms with Gasteiger partial charge in [0.15, 0.2) is 0 Å². The van der Waals surface area contributed by atoms with Crippen LogP contribution in [0.1, 0.15) is 37.9 Å². The number of rotatable bonds is 11. The predicted molar refractivity (Wildman–Crippen MR) is 166 cm³/mol. The van der Waals surface area contributed by atoms with Gasteiger partial charge in [0.1, 0.15) is 0 Å². The summed E-state index contributed by atoms with van der Waals surface area (Å²) in [6.07, 6.45) is 4.34. The van der Waals surface area contributed by atoms with Gasteiger partial charge in [-0.15, -0.1) is 49.6 Å². The number of para-hydroxylation sites is 1. The number of fused-ring (bicyclic) bond motifs is 3. The molecule has 0 aliphatic heterocycles. The minimum atomic E-state index is 0. The summed E-state index contributed by atoms with van der Waals surface area (Å²) in [5.74, 6) is 0. The molecule has 0 unspecified atom stereocenters. The molecule has 0 fully saturated rings. The Kier molecular flexibility index (Phi) is 16.7. The molecule has 0 aliphatic carbocycles. The molecule has 0 saturated heterocycles. The van der Waals surface area contributed by atoms with E-state index in [0.29, 0.717) is 0 Å². The number of unbranched alkanes of at least 4 members (excludes halogenated alkanes) is 1. The van der Waals surface area contributed by atoms with Crippen LogP contribution in [-0.4, -0.2) is 40.6 Å². The van der Waals surface area contributed by atoms with E-state index in [2.05, 4.69) is 65.0 Å². The maximum Gasteiger partial charge on any atom is 0.0784 e. The zero-order valence-electron chi connectivity index (χ0n) is 20.8. The van der Waals surface area contributed by atoms with Crippen LogP contribution in [-0.2, 0) is 13.1 Å². The van der Waals surface area contributed by atoms with Crippen LogP contribution >= 0.6 is 61.2 Å². The molecular weight excluding hydrogens is 558 g/mol. The summed E-state index contributed by atoms with van der Waals surface area (Å²) >= 11 is 6.27. The van der Waals surface area contributed by atoms with E-state index in [1.54, 1.807) is 0 Å². The molecular formula is C27H37Cl5N4. The quantitative estimate of drug-likeness (QED) is 0.180. The van der Waals surface area contributed by atoms with Crippen molar-refractivity contribution in [2.24, 2.45) is 0 Å². The number of nitrogens with zero attached hydrogens (tertiary/aromatic N) is 3. The molecule has 0 aliphatic rings. The van der Waals surface area contributed by atoms with E-state index in [-0.39, 0.29) is 49.6 Å². The Labute approximate surface area is 244 Å². The summed E-state index contributed by atoms with van der Waals surface area (Å²) in [4.78, 5) is 7.26. The van der Waals surface area contributed by atoms with Gasteiger partial charge in [-0.2, -0.15) is 0 Å². The number of halogens is 5. The van der Waals surface area contributed by atoms with Gasteiger partial charge in [-0.05, 0) is 68.8 Å². The van der Waals surface area contributed by atoms with Crippen LogP contribution in [0.15, 0.2) is 60.8 Å². The summed E-state index contributed by atoms with van der Waals surface area (Å²) in [5, 5.41) is 6.93. The van der Waals surface area contributed by atoms with Gasteiger partial charge < -0.3 is 14.8 Å². The second-order valence-corrected chi connectivity index (χ2v) is 8.73. The number of pyridine rings is 1. The van der Waals surface area contributed by atoms with Gasteiger partial charge in [0.05, 0.1) is 11.2 Å². The maximum absolute atomic E-state index is 6.27. The molecule has 2 aromatic carbocycles. The Morgan fingerprint density at radius 2 is 1.64 bits per heavy atom. The molecule has 9 heteroatoms. The predicted octanol–water partition coefficient (Wildman–Crippen LogP) is 7.79. The van der Waals surface area contributed by atoms with Crippen molar-refractivity contribution >= 4 is 83.0 Å². The first kappa shape index (κ1) is 34.8. The van der Waals surface area contributed by atoms with E-state index in [4.69, 9.17) is 16.6 Å². The van der Waals surface area contributed by atoms with Crippen LogP contribution in [0.4, 0.5) is 0 Å². The molecule has 0 spiro atoms. The van der Waals surface area contributed by atoms with E-state index >= 15 is 0 Å². The largest absolute Gasteiger partial charge is 0.334 e. The van der Waals surface area contributed by atoms with Crippen molar-refractivity contribution in [2.45, 2.75) is 39.8 Å². The Bertz CT molecular complexity index is 1180. The van der Waals surface area contributed by atoms with Gasteiger partial charge in [0.2, 0.25) is 0 Å². The molecule has 0 saturated carbocycles. The highest BCUT2D eigenvalue weighted by Crippen LogP contribution is 2.31. The number of aromatic nitrogens is 2. The number of hydrogen-bond acceptors (Lipinski definition) is 3. The maximum atomic E-state index is 6.27. The highest BCUT2D eigenvalue weighted by atomic mass is 35.5. The standard InChI is InChI=1S/C27H33ClN4.4ClH/c1-3-31(4-2)17-8-7-15-29-19-25-27-24(14-16-30-25)23-12-5-6-13-26(23)32(27)20-21-10-9-11-22(28)18-21;;;;/h5-6,9-14,16,18,29H,3-4,7-8,15,17,19-20H2,1-2H3;4*1H. The van der Waals surface area contributed by atoms with Gasteiger partial charge in [-0.3, -0.25) is 4.98 Å². The van der Waals surface area contributed by atoms with E-state index in [1.165, 1.54) is 46.8 Å². The fourth-order valence-corrected chi connectivity index (χ4v) is 4.73. The Morgan fingerprint density at radius 1 is 0.889 bits per heavy atom. The third-order valence-corrected chi connectivity index (χ3v) is 6.48. The highest BCUT2D eigenvalue weighted by Gasteiger charge is 2.15. The smallest absolute Gasteiger partial charge is 0.0784 e. The Balaban J connectivity index is 0.00000306. The Morgan fingerprint density at radius 3 is 2.36 bits per heavy atom. The van der Waals surface area contributed by atoms with Crippen LogP contribution in [0.5, 0.6) is 0 Å². The van der Waals surface area contributed by atoms with Crippen molar-refractivity contribution in [3.63, 3.8) is 0 Å². The first-order valence-electron chi connectivity index (χ1n) is 11.7. The molecule has 1 N–H and O–H groups in total. The molecule has 4 nitrogen and oxygen atoms in total. The highest BCUT2D eigenvalue weighted by molar-refractivity contribution is 6.30. The van der Waals surface area contributed by atoms with Gasteiger partial charge in [0, 0.05) is 40.6 Å². The third kappa shape index (κ3) is 8.39. The summed E-state index contributed by atoms with van der Waals surface area (Å²) in [6, 6.07) is 18.9. The summed E-state index contributed by atoms with van der Waals surface area (Å²) in [7, 11) is 0. The zero-order valence-corrected chi connectivity index (χ0v) is 24.8. The number of benzene rings is 2. The third-order valence-electron chi connectivity index (χ3n) is 6.25. The lowest BCUT2D eigenvalue weighted by molar-refractivity contribution is 0.296. The summed E-state index contributed by atoms with van der Waals surface area (Å²) in [5.41, 5.74) is 4.74. The van der Waals surface area contributed by atoms with E-state index in [1.807, 2.05) is 24.4 Å². The summed E-state index contributed by atoms with van der Waals surface area (Å²) < 4.78 is 2.39. The molecule has 200 valence electrons. The lowest BCUT2D eigenvalue weighted by Crippen LogP contribution is -2.25. The molecule has 0 amide bonds. The van der Waals surface area contributed by atoms with Crippen molar-refractivity contribution < 1.29 is 0 Å². The van der Waals surface area contributed by atoms with Crippen LogP contribution in [0, 0.1) is 0 Å². The second-order valence-electron chi connectivity index (χ2n) is 8.30. The van der Waals surface area contributed by atoms with E-state index < -0.39 is 0 Å². The second kappa shape index (κ2) is 17.3. The molecule has 4 rings (SSSR count). The fourth-order valence-electron chi connectivity index (χ4n) is 4.52. The first-order valence-corrected chi connectivity index (χ1v) is 12.1. The first-order chi connectivity index (χ1) is 15.7. The zero-order chi connectivity index (χ0) is 22.3. The number of hydrogen-bond donors (Lipinski definition) is 1. The average Bonchev–Trinajstić information content (AvgIpc) is 3.13. The van der Waals surface area contributed by atoms with Crippen LogP contribution in [0.2, 0.25) is 5.02 Å². The normalized spacial score (nSPS) is 10.4. The number of nitrogens with one attached hydrogen (secondary N) is 1. The van der Waals surface area contributed by atoms with Crippen molar-refractivity contribution in [2.75, 3.05) is 26.2 Å². The molecule has 0 atom stereocenters. The lowest BCUT2D eigenvalue weighted by Gasteiger charge is -2.17. The lowest BCUT2D eigenvalue weighted by atomic mass is 10.1. The van der Waals surface area contributed by atoms with Gasteiger partial charge in [-0.25, -0.2) is 0 Å². The molecule has 0 bridgehead atoms. The monoisotopic (exact) mass is 592 g/mol. The SMILES string of the molecule is CCN(CC)CCCCNCc1nccc2c3ccccc3n(Cc3cccc(Cl)c3)c12.Cl.Cl.Cl.Cl. The minimum Gasteiger partial charge on any atom is -0.334 e. The van der Waals surface area contributed by atoms with Crippen molar-refractivity contribution in [3.05, 3.63) is 77.1 Å². The van der Waals surface area contributed by atoms with Gasteiger partial charge >= 0.3 is 0 Å². The van der Waals surface area contributed by atoms with Crippen molar-refractivity contribution in [1.29, 1.82) is 0 Å². The van der Waals surface area contributed by atoms with Crippen LogP contribution in [0.3, 0.4) is 0 Å². The molecule has 4 aromatic rings. The molecule has 2 heterocycles. The van der Waals surface area contributed by atoms with Crippen molar-refractivity contribution in [1.82, 2.24) is 19.8 Å². The topological polar surface area (TPSA) is 33.1 Å². The Hall–Kier alpha value is -1.24. The van der Waals surface area contributed by atoms with Crippen molar-refractivity contribution in [3.8, 4) is 0 Å². The van der Waals surface area contributed by atoms with Crippen LogP contribution in [0.25, 0.3) is 21.8 Å². The fraction of sp³-hybridized carbons (Fsp3) is 0.370. The average molecular weight is 595 g/mol. The summed E-state index contributed by atoms with van der Waals surface area (Å²) in [6.45, 7) is 10.5. The minimum absolute atomic E-state index is 0. The van der Waals surface area contributed by atoms with E-state index in [9.17, 15) is 0 Å². The molecule has 0 radical (unpaired) electrons.